The van der Waals surface area contributed by atoms with Crippen molar-refractivity contribution >= 4 is 23.2 Å². The number of carbonyl (C=O) groups is 2. The Morgan fingerprint density at radius 2 is 1.63 bits per heavy atom. The molecule has 0 heterocycles. The molecule has 0 aromatic heterocycles. The fourth-order valence-electron chi connectivity index (χ4n) is 2.69. The van der Waals surface area contributed by atoms with Crippen LogP contribution in [0.25, 0.3) is 0 Å². The molecule has 0 spiro atoms. The quantitative estimate of drug-likeness (QED) is 0.580. The van der Waals surface area contributed by atoms with E-state index in [1.165, 1.54) is 0 Å². The largest absolute Gasteiger partial charge is 0.484 e. The maximum absolute atomic E-state index is 12.2. The van der Waals surface area contributed by atoms with Gasteiger partial charge in [-0.05, 0) is 51.0 Å². The average Bonchev–Trinajstić information content (AvgIpc) is 2.62. The molecule has 27 heavy (non-hydrogen) atoms. The molecule has 2 amide bonds. The highest BCUT2D eigenvalue weighted by Crippen LogP contribution is 2.22. The van der Waals surface area contributed by atoms with Crippen molar-refractivity contribution in [2.75, 3.05) is 11.9 Å². The minimum atomic E-state index is -0.385. The molecule has 0 aliphatic heterocycles. The number of para-hydroxylation sites is 1. The molecule has 6 heteroatoms. The smallest absolute Gasteiger partial charge is 0.277 e. The van der Waals surface area contributed by atoms with Gasteiger partial charge in [0.05, 0.1) is 6.42 Å². The van der Waals surface area contributed by atoms with Crippen LogP contribution in [0.1, 0.15) is 30.0 Å². The van der Waals surface area contributed by atoms with Crippen molar-refractivity contribution in [2.24, 2.45) is 5.10 Å². The second kappa shape index (κ2) is 9.52. The Kier molecular flexibility index (Phi) is 7.11. The van der Waals surface area contributed by atoms with Crippen molar-refractivity contribution in [1.82, 2.24) is 5.43 Å². The Balaban J connectivity index is 1.82. The second-order valence-corrected chi connectivity index (χ2v) is 6.48. The van der Waals surface area contributed by atoms with Gasteiger partial charge in [-0.15, -0.1) is 0 Å². The first-order valence-corrected chi connectivity index (χ1v) is 8.72. The lowest BCUT2D eigenvalue weighted by Gasteiger charge is -2.12. The summed E-state index contributed by atoms with van der Waals surface area (Å²) >= 11 is 0. The Hall–Kier alpha value is -3.15. The normalized spacial score (nSPS) is 11.0. The SMILES string of the molecule is C/C(CC(=O)Nc1c(C)cc(C)cc1C)=N/NC(=O)COc1ccccc1. The van der Waals surface area contributed by atoms with E-state index >= 15 is 0 Å². The Labute approximate surface area is 159 Å². The van der Waals surface area contributed by atoms with Crippen LogP contribution in [-0.2, 0) is 9.59 Å². The first-order valence-electron chi connectivity index (χ1n) is 8.72. The predicted molar refractivity (Wildman–Crippen MR) is 107 cm³/mol. The van der Waals surface area contributed by atoms with Crippen molar-refractivity contribution in [3.05, 3.63) is 59.2 Å². The molecule has 0 aliphatic rings. The minimum absolute atomic E-state index is 0.0899. The fourth-order valence-corrected chi connectivity index (χ4v) is 2.69. The van der Waals surface area contributed by atoms with Gasteiger partial charge < -0.3 is 10.1 Å². The zero-order chi connectivity index (χ0) is 19.8. The third-order valence-corrected chi connectivity index (χ3v) is 3.84. The van der Waals surface area contributed by atoms with Crippen molar-refractivity contribution in [3.63, 3.8) is 0 Å². The third-order valence-electron chi connectivity index (χ3n) is 3.84. The summed E-state index contributed by atoms with van der Waals surface area (Å²) in [6.07, 6.45) is 0.0899. The van der Waals surface area contributed by atoms with Gasteiger partial charge in [-0.25, -0.2) is 5.43 Å². The van der Waals surface area contributed by atoms with Crippen molar-refractivity contribution in [3.8, 4) is 5.75 Å². The van der Waals surface area contributed by atoms with Crippen LogP contribution < -0.4 is 15.5 Å². The lowest BCUT2D eigenvalue weighted by Crippen LogP contribution is -2.26. The van der Waals surface area contributed by atoms with E-state index in [2.05, 4.69) is 15.8 Å². The van der Waals surface area contributed by atoms with Gasteiger partial charge in [0.1, 0.15) is 5.75 Å². The van der Waals surface area contributed by atoms with Crippen molar-refractivity contribution in [1.29, 1.82) is 0 Å². The molecule has 0 radical (unpaired) electrons. The topological polar surface area (TPSA) is 79.8 Å². The van der Waals surface area contributed by atoms with Crippen LogP contribution >= 0.6 is 0 Å². The Bertz CT molecular complexity index is 822. The maximum Gasteiger partial charge on any atom is 0.277 e. The van der Waals surface area contributed by atoms with E-state index in [0.29, 0.717) is 11.5 Å². The van der Waals surface area contributed by atoms with E-state index in [1.54, 1.807) is 19.1 Å². The second-order valence-electron chi connectivity index (χ2n) is 6.48. The highest BCUT2D eigenvalue weighted by Gasteiger charge is 2.10. The number of rotatable bonds is 7. The van der Waals surface area contributed by atoms with Crippen LogP contribution in [0.15, 0.2) is 47.6 Å². The van der Waals surface area contributed by atoms with Gasteiger partial charge in [0.25, 0.3) is 5.91 Å². The van der Waals surface area contributed by atoms with Crippen LogP contribution in [0.4, 0.5) is 5.69 Å². The fraction of sp³-hybridized carbons (Fsp3) is 0.286. The third kappa shape index (κ3) is 6.58. The lowest BCUT2D eigenvalue weighted by molar-refractivity contribution is -0.123. The number of hydrogen-bond acceptors (Lipinski definition) is 4. The maximum atomic E-state index is 12.2. The molecule has 2 rings (SSSR count). The first-order chi connectivity index (χ1) is 12.8. The Morgan fingerprint density at radius 3 is 2.26 bits per heavy atom. The molecular formula is C21H25N3O3. The highest BCUT2D eigenvalue weighted by molar-refractivity contribution is 6.06. The molecule has 0 unspecified atom stereocenters. The summed E-state index contributed by atoms with van der Waals surface area (Å²) < 4.78 is 5.34. The summed E-state index contributed by atoms with van der Waals surface area (Å²) in [5.74, 6) is 0.0430. The van der Waals surface area contributed by atoms with Gasteiger partial charge >= 0.3 is 0 Å². The van der Waals surface area contributed by atoms with Gasteiger partial charge in [0.2, 0.25) is 5.91 Å². The van der Waals surface area contributed by atoms with E-state index in [4.69, 9.17) is 4.74 Å². The summed E-state index contributed by atoms with van der Waals surface area (Å²) in [5.41, 5.74) is 6.90. The number of aryl methyl sites for hydroxylation is 3. The van der Waals surface area contributed by atoms with Crippen LogP contribution in [0, 0.1) is 20.8 Å². The number of benzene rings is 2. The lowest BCUT2D eigenvalue weighted by atomic mass is 10.0. The highest BCUT2D eigenvalue weighted by atomic mass is 16.5. The summed E-state index contributed by atoms with van der Waals surface area (Å²) in [4.78, 5) is 24.0. The molecule has 0 aliphatic carbocycles. The summed E-state index contributed by atoms with van der Waals surface area (Å²) in [6.45, 7) is 7.49. The van der Waals surface area contributed by atoms with Crippen molar-refractivity contribution < 1.29 is 14.3 Å². The van der Waals surface area contributed by atoms with Gasteiger partial charge in [-0.1, -0.05) is 35.9 Å². The number of amides is 2. The van der Waals surface area contributed by atoms with E-state index in [-0.39, 0.29) is 24.8 Å². The van der Waals surface area contributed by atoms with Crippen LogP contribution in [0.2, 0.25) is 0 Å². The van der Waals surface area contributed by atoms with E-state index < -0.39 is 0 Å². The standard InChI is InChI=1S/C21H25N3O3/c1-14-10-15(2)21(16(3)11-14)22-19(25)12-17(4)23-24-20(26)13-27-18-8-6-5-7-9-18/h5-11H,12-13H2,1-4H3,(H,22,25)(H,24,26)/b23-17-. The van der Waals surface area contributed by atoms with Crippen LogP contribution in [0.3, 0.4) is 0 Å². The molecule has 0 atom stereocenters. The van der Waals surface area contributed by atoms with E-state index in [9.17, 15) is 9.59 Å². The zero-order valence-electron chi connectivity index (χ0n) is 16.1. The molecule has 0 saturated carbocycles. The summed E-state index contributed by atoms with van der Waals surface area (Å²) in [5, 5.41) is 6.87. The molecule has 2 N–H and O–H groups in total. The number of ether oxygens (including phenoxy) is 1. The van der Waals surface area contributed by atoms with E-state index in [0.717, 1.165) is 22.4 Å². The van der Waals surface area contributed by atoms with Crippen molar-refractivity contribution in [2.45, 2.75) is 34.1 Å². The molecule has 142 valence electrons. The van der Waals surface area contributed by atoms with Crippen LogP contribution in [0.5, 0.6) is 5.75 Å². The van der Waals surface area contributed by atoms with Crippen LogP contribution in [-0.4, -0.2) is 24.1 Å². The number of nitrogens with zero attached hydrogens (tertiary/aromatic N) is 1. The predicted octanol–water partition coefficient (Wildman–Crippen LogP) is 3.51. The molecule has 0 fully saturated rings. The minimum Gasteiger partial charge on any atom is -0.484 e. The van der Waals surface area contributed by atoms with Gasteiger partial charge in [0.15, 0.2) is 6.61 Å². The van der Waals surface area contributed by atoms with Gasteiger partial charge in [-0.2, -0.15) is 5.10 Å². The molecule has 6 nitrogen and oxygen atoms in total. The Morgan fingerprint density at radius 1 is 1.00 bits per heavy atom. The van der Waals surface area contributed by atoms with E-state index in [1.807, 2.05) is 51.1 Å². The average molecular weight is 367 g/mol. The molecule has 0 saturated heterocycles. The molecule has 2 aromatic rings. The van der Waals surface area contributed by atoms with Gasteiger partial charge in [-0.3, -0.25) is 9.59 Å². The first kappa shape index (κ1) is 20.2. The zero-order valence-corrected chi connectivity index (χ0v) is 16.1. The number of nitrogens with one attached hydrogen (secondary N) is 2. The number of carbonyl (C=O) groups excluding carboxylic acids is 2. The number of hydrazone groups is 1. The summed E-state index contributed by atoms with van der Waals surface area (Å²) in [6, 6.07) is 13.1. The number of anilines is 1. The molecule has 0 bridgehead atoms. The summed E-state index contributed by atoms with van der Waals surface area (Å²) in [7, 11) is 0. The van der Waals surface area contributed by atoms with Gasteiger partial charge in [0, 0.05) is 11.4 Å². The molecule has 2 aromatic carbocycles. The monoisotopic (exact) mass is 367 g/mol. The number of hydrogen-bond donors (Lipinski definition) is 2. The molecular weight excluding hydrogens is 342 g/mol.